The lowest BCUT2D eigenvalue weighted by Crippen LogP contribution is -2.60. The van der Waals surface area contributed by atoms with Gasteiger partial charge in [-0.3, -0.25) is 0 Å². The summed E-state index contributed by atoms with van der Waals surface area (Å²) in [6, 6.07) is 1.56. The quantitative estimate of drug-likeness (QED) is 0.706. The predicted octanol–water partition coefficient (Wildman–Crippen LogP) is 1.72. The number of piperidine rings is 1. The topological polar surface area (TPSA) is 41.3 Å². The highest BCUT2D eigenvalue weighted by molar-refractivity contribution is 5.05. The summed E-state index contributed by atoms with van der Waals surface area (Å²) in [4.78, 5) is 2.60. The van der Waals surface area contributed by atoms with Crippen LogP contribution in [0.1, 0.15) is 51.4 Å². The molecule has 0 aromatic heterocycles. The van der Waals surface area contributed by atoms with Crippen molar-refractivity contribution in [3.05, 3.63) is 0 Å². The van der Waals surface area contributed by atoms with Crippen molar-refractivity contribution in [2.45, 2.75) is 69.0 Å². The Bertz CT molecular complexity index is 273. The first-order valence-electron chi connectivity index (χ1n) is 7.89. The molecule has 0 amide bonds. The van der Waals surface area contributed by atoms with Crippen LogP contribution in [-0.4, -0.2) is 42.7 Å². The molecular weight excluding hydrogens is 222 g/mol. The number of nitrogens with one attached hydrogen (secondary N) is 1. The van der Waals surface area contributed by atoms with Gasteiger partial charge in [-0.05, 0) is 58.0 Å². The largest absolute Gasteiger partial charge is 0.329 e. The molecular formula is C15H29N3. The molecule has 0 aromatic rings. The van der Waals surface area contributed by atoms with E-state index in [9.17, 15) is 0 Å². The molecule has 18 heavy (non-hydrogen) atoms. The first-order chi connectivity index (χ1) is 8.72. The summed E-state index contributed by atoms with van der Waals surface area (Å²) in [6.07, 6.45) is 11.0. The Hall–Kier alpha value is -0.120. The zero-order valence-electron chi connectivity index (χ0n) is 11.8. The minimum atomic E-state index is 0.252. The normalized spacial score (nSPS) is 40.3. The molecule has 2 heterocycles. The van der Waals surface area contributed by atoms with E-state index in [4.69, 9.17) is 5.73 Å². The van der Waals surface area contributed by atoms with Gasteiger partial charge in [-0.15, -0.1) is 0 Å². The average molecular weight is 251 g/mol. The van der Waals surface area contributed by atoms with E-state index in [1.165, 1.54) is 57.9 Å². The Morgan fingerprint density at radius 2 is 1.83 bits per heavy atom. The third kappa shape index (κ3) is 2.59. The molecule has 1 aliphatic carbocycles. The Morgan fingerprint density at radius 1 is 1.17 bits per heavy atom. The van der Waals surface area contributed by atoms with Crippen LogP contribution in [0.5, 0.6) is 0 Å². The van der Waals surface area contributed by atoms with Crippen LogP contribution in [0.25, 0.3) is 0 Å². The van der Waals surface area contributed by atoms with Gasteiger partial charge in [-0.1, -0.05) is 12.8 Å². The van der Waals surface area contributed by atoms with Crippen molar-refractivity contribution in [1.29, 1.82) is 0 Å². The van der Waals surface area contributed by atoms with Crippen molar-refractivity contribution in [2.24, 2.45) is 11.7 Å². The molecule has 3 heteroatoms. The number of nitrogens with zero attached hydrogens (tertiary/aromatic N) is 1. The van der Waals surface area contributed by atoms with E-state index in [-0.39, 0.29) is 5.54 Å². The first-order valence-corrected chi connectivity index (χ1v) is 7.89. The smallest absolute Gasteiger partial charge is 0.0333 e. The Labute approximate surface area is 111 Å². The van der Waals surface area contributed by atoms with Crippen molar-refractivity contribution in [3.63, 3.8) is 0 Å². The van der Waals surface area contributed by atoms with E-state index in [0.29, 0.717) is 0 Å². The molecule has 3 aliphatic rings. The van der Waals surface area contributed by atoms with Crippen molar-refractivity contribution in [3.8, 4) is 0 Å². The maximum absolute atomic E-state index is 6.11. The number of fused-ring (bicyclic) bond motifs is 2. The van der Waals surface area contributed by atoms with Gasteiger partial charge >= 0.3 is 0 Å². The van der Waals surface area contributed by atoms with E-state index >= 15 is 0 Å². The van der Waals surface area contributed by atoms with Gasteiger partial charge in [-0.2, -0.15) is 0 Å². The summed E-state index contributed by atoms with van der Waals surface area (Å²) in [7, 11) is 2.30. The van der Waals surface area contributed by atoms with Crippen molar-refractivity contribution < 1.29 is 0 Å². The van der Waals surface area contributed by atoms with E-state index in [2.05, 4.69) is 17.3 Å². The summed E-state index contributed by atoms with van der Waals surface area (Å²) >= 11 is 0. The van der Waals surface area contributed by atoms with Crippen LogP contribution in [0, 0.1) is 5.92 Å². The summed E-state index contributed by atoms with van der Waals surface area (Å²) in [5.41, 5.74) is 6.36. The number of nitrogens with two attached hydrogens (primary N) is 1. The van der Waals surface area contributed by atoms with E-state index in [0.717, 1.165) is 24.5 Å². The average Bonchev–Trinajstić information content (AvgIpc) is 3.17. The molecule has 1 saturated carbocycles. The third-order valence-electron chi connectivity index (χ3n) is 5.61. The Kier molecular flexibility index (Phi) is 3.65. The molecule has 2 bridgehead atoms. The van der Waals surface area contributed by atoms with Crippen LogP contribution in [0.4, 0.5) is 0 Å². The van der Waals surface area contributed by atoms with Crippen molar-refractivity contribution >= 4 is 0 Å². The van der Waals surface area contributed by atoms with E-state index in [1.54, 1.807) is 0 Å². The van der Waals surface area contributed by atoms with Crippen molar-refractivity contribution in [2.75, 3.05) is 20.1 Å². The van der Waals surface area contributed by atoms with E-state index in [1.807, 2.05) is 0 Å². The monoisotopic (exact) mass is 251 g/mol. The molecule has 0 spiro atoms. The summed E-state index contributed by atoms with van der Waals surface area (Å²) in [6.45, 7) is 1.99. The molecule has 2 aliphatic heterocycles. The van der Waals surface area contributed by atoms with Crippen LogP contribution < -0.4 is 11.1 Å². The van der Waals surface area contributed by atoms with Crippen LogP contribution in [0.3, 0.4) is 0 Å². The standard InChI is InChI=1S/C15H29N3/c1-18-13-6-7-14(18)10-15(9-13,11-16)17-8-2-3-12-4-5-12/h12-14,17H,2-11,16H2,1H3. The first kappa shape index (κ1) is 12.9. The van der Waals surface area contributed by atoms with Gasteiger partial charge in [0.1, 0.15) is 0 Å². The highest BCUT2D eigenvalue weighted by Crippen LogP contribution is 2.39. The fraction of sp³-hybridized carbons (Fsp3) is 1.00. The molecule has 2 unspecified atom stereocenters. The van der Waals surface area contributed by atoms with Gasteiger partial charge in [0.25, 0.3) is 0 Å². The third-order valence-corrected chi connectivity index (χ3v) is 5.61. The van der Waals surface area contributed by atoms with Gasteiger partial charge in [-0.25, -0.2) is 0 Å². The molecule has 0 aromatic carbocycles. The van der Waals surface area contributed by atoms with Crippen LogP contribution in [-0.2, 0) is 0 Å². The minimum absolute atomic E-state index is 0.252. The number of hydrogen-bond donors (Lipinski definition) is 2. The van der Waals surface area contributed by atoms with Gasteiger partial charge in [0.15, 0.2) is 0 Å². The molecule has 3 fully saturated rings. The molecule has 3 N–H and O–H groups in total. The summed E-state index contributed by atoms with van der Waals surface area (Å²) in [5, 5.41) is 3.84. The molecule has 3 nitrogen and oxygen atoms in total. The minimum Gasteiger partial charge on any atom is -0.329 e. The second kappa shape index (κ2) is 5.10. The summed E-state index contributed by atoms with van der Waals surface area (Å²) in [5.74, 6) is 1.06. The Morgan fingerprint density at radius 3 is 2.39 bits per heavy atom. The highest BCUT2D eigenvalue weighted by Gasteiger charge is 2.45. The lowest BCUT2D eigenvalue weighted by molar-refractivity contribution is 0.0943. The zero-order chi connectivity index (χ0) is 12.6. The fourth-order valence-corrected chi connectivity index (χ4v) is 4.10. The van der Waals surface area contributed by atoms with E-state index < -0.39 is 0 Å². The molecule has 104 valence electrons. The maximum atomic E-state index is 6.11. The van der Waals surface area contributed by atoms with Crippen LogP contribution >= 0.6 is 0 Å². The lowest BCUT2D eigenvalue weighted by Gasteiger charge is -2.45. The van der Waals surface area contributed by atoms with Gasteiger partial charge in [0, 0.05) is 24.2 Å². The molecule has 3 rings (SSSR count). The molecule has 2 saturated heterocycles. The Balaban J connectivity index is 1.50. The number of rotatable bonds is 6. The van der Waals surface area contributed by atoms with Gasteiger partial charge in [0.2, 0.25) is 0 Å². The van der Waals surface area contributed by atoms with Crippen molar-refractivity contribution in [1.82, 2.24) is 10.2 Å². The van der Waals surface area contributed by atoms with Crippen LogP contribution in [0.15, 0.2) is 0 Å². The van der Waals surface area contributed by atoms with Gasteiger partial charge in [0.05, 0.1) is 0 Å². The van der Waals surface area contributed by atoms with Crippen LogP contribution in [0.2, 0.25) is 0 Å². The highest BCUT2D eigenvalue weighted by atomic mass is 15.2. The van der Waals surface area contributed by atoms with Gasteiger partial charge < -0.3 is 16.0 Å². The maximum Gasteiger partial charge on any atom is 0.0333 e. The number of hydrogen-bond acceptors (Lipinski definition) is 3. The predicted molar refractivity (Wildman–Crippen MR) is 75.6 cm³/mol. The summed E-state index contributed by atoms with van der Waals surface area (Å²) < 4.78 is 0. The zero-order valence-corrected chi connectivity index (χ0v) is 11.8. The molecule has 2 atom stereocenters. The fourth-order valence-electron chi connectivity index (χ4n) is 4.10. The SMILES string of the molecule is CN1C2CCC1CC(CN)(NCCCC1CC1)C2. The second-order valence-corrected chi connectivity index (χ2v) is 6.96. The second-order valence-electron chi connectivity index (χ2n) is 6.96. The molecule has 0 radical (unpaired) electrons. The lowest BCUT2D eigenvalue weighted by atomic mass is 9.83.